The van der Waals surface area contributed by atoms with Crippen LogP contribution in [0.4, 0.5) is 5.69 Å². The van der Waals surface area contributed by atoms with E-state index in [4.69, 9.17) is 0 Å². The monoisotopic (exact) mass is 263 g/mol. The number of non-ortho nitro benzene ring substituents is 1. The molecule has 1 aromatic carbocycles. The van der Waals surface area contributed by atoms with Gasteiger partial charge in [0.15, 0.2) is 0 Å². The second kappa shape index (κ2) is 6.29. The summed E-state index contributed by atoms with van der Waals surface area (Å²) in [6, 6.07) is 6.42. The molecule has 1 aliphatic heterocycles. The minimum Gasteiger partial charge on any atom is -0.353 e. The lowest BCUT2D eigenvalue weighted by atomic mass is 10.1. The summed E-state index contributed by atoms with van der Waals surface area (Å²) in [7, 11) is 0. The predicted molar refractivity (Wildman–Crippen MR) is 70.8 cm³/mol. The van der Waals surface area contributed by atoms with E-state index in [-0.39, 0.29) is 24.1 Å². The van der Waals surface area contributed by atoms with Gasteiger partial charge < -0.3 is 10.6 Å². The van der Waals surface area contributed by atoms with Gasteiger partial charge in [-0.05, 0) is 31.5 Å². The highest BCUT2D eigenvalue weighted by atomic mass is 16.6. The van der Waals surface area contributed by atoms with Crippen LogP contribution in [0.3, 0.4) is 0 Å². The van der Waals surface area contributed by atoms with Gasteiger partial charge in [0.05, 0.1) is 11.3 Å². The van der Waals surface area contributed by atoms with E-state index in [2.05, 4.69) is 10.6 Å². The maximum absolute atomic E-state index is 11.9. The summed E-state index contributed by atoms with van der Waals surface area (Å²) in [5.41, 5.74) is 0.688. The van der Waals surface area contributed by atoms with E-state index in [0.29, 0.717) is 5.56 Å². The minimum absolute atomic E-state index is 0.0205. The van der Waals surface area contributed by atoms with Crippen LogP contribution in [0.25, 0.3) is 0 Å². The molecule has 1 aliphatic rings. The number of nitro benzene ring substituents is 1. The number of carbonyl (C=O) groups is 1. The first-order valence-electron chi connectivity index (χ1n) is 6.38. The number of rotatable bonds is 4. The van der Waals surface area contributed by atoms with Gasteiger partial charge in [0, 0.05) is 18.2 Å². The van der Waals surface area contributed by atoms with Crippen LogP contribution in [0.1, 0.15) is 18.4 Å². The fourth-order valence-electron chi connectivity index (χ4n) is 2.21. The van der Waals surface area contributed by atoms with E-state index >= 15 is 0 Å². The maximum atomic E-state index is 11.9. The Hall–Kier alpha value is -1.95. The molecule has 1 amide bonds. The number of hydrogen-bond acceptors (Lipinski definition) is 4. The van der Waals surface area contributed by atoms with Crippen molar-refractivity contribution in [1.82, 2.24) is 10.6 Å². The Bertz CT molecular complexity index is 470. The number of nitrogens with one attached hydrogen (secondary N) is 2. The van der Waals surface area contributed by atoms with Gasteiger partial charge in [0.1, 0.15) is 0 Å². The summed E-state index contributed by atoms with van der Waals surface area (Å²) in [4.78, 5) is 22.1. The van der Waals surface area contributed by atoms with Crippen molar-refractivity contribution in [1.29, 1.82) is 0 Å². The Morgan fingerprint density at radius 1 is 1.42 bits per heavy atom. The molecule has 1 fully saturated rings. The van der Waals surface area contributed by atoms with Gasteiger partial charge in [-0.25, -0.2) is 0 Å². The molecule has 2 N–H and O–H groups in total. The number of piperidine rings is 1. The van der Waals surface area contributed by atoms with Crippen molar-refractivity contribution in [3.8, 4) is 0 Å². The van der Waals surface area contributed by atoms with Crippen molar-refractivity contribution in [3.05, 3.63) is 39.9 Å². The molecule has 0 unspecified atom stereocenters. The molecule has 1 saturated heterocycles. The molecule has 19 heavy (non-hydrogen) atoms. The lowest BCUT2D eigenvalue weighted by Gasteiger charge is -2.23. The number of carbonyl (C=O) groups excluding carboxylic acids is 1. The molecule has 0 aromatic heterocycles. The SMILES string of the molecule is O=C(Cc1cccc([N+](=O)[O-])c1)NC1CCNCC1. The number of benzene rings is 1. The molecule has 0 spiro atoms. The Morgan fingerprint density at radius 2 is 2.16 bits per heavy atom. The lowest BCUT2D eigenvalue weighted by molar-refractivity contribution is -0.384. The van der Waals surface area contributed by atoms with Crippen LogP contribution < -0.4 is 10.6 Å². The highest BCUT2D eigenvalue weighted by Crippen LogP contribution is 2.13. The second-order valence-electron chi connectivity index (χ2n) is 4.70. The van der Waals surface area contributed by atoms with Crippen molar-refractivity contribution in [2.75, 3.05) is 13.1 Å². The predicted octanol–water partition coefficient (Wildman–Crippen LogP) is 1.01. The van der Waals surface area contributed by atoms with Crippen LogP contribution in [-0.2, 0) is 11.2 Å². The van der Waals surface area contributed by atoms with Gasteiger partial charge in [0.25, 0.3) is 5.69 Å². The molecule has 0 bridgehead atoms. The van der Waals surface area contributed by atoms with Crippen molar-refractivity contribution in [2.45, 2.75) is 25.3 Å². The van der Waals surface area contributed by atoms with E-state index in [1.807, 2.05) is 0 Å². The van der Waals surface area contributed by atoms with Crippen molar-refractivity contribution < 1.29 is 9.72 Å². The third-order valence-electron chi connectivity index (χ3n) is 3.19. The molecule has 0 aliphatic carbocycles. The number of amides is 1. The smallest absolute Gasteiger partial charge is 0.269 e. The normalized spacial score (nSPS) is 16.0. The van der Waals surface area contributed by atoms with Gasteiger partial charge in [-0.2, -0.15) is 0 Å². The van der Waals surface area contributed by atoms with Gasteiger partial charge in [-0.1, -0.05) is 12.1 Å². The first kappa shape index (κ1) is 13.5. The largest absolute Gasteiger partial charge is 0.353 e. The minimum atomic E-state index is -0.450. The molecule has 0 radical (unpaired) electrons. The van der Waals surface area contributed by atoms with Gasteiger partial charge in [-0.15, -0.1) is 0 Å². The van der Waals surface area contributed by atoms with Crippen LogP contribution in [0, 0.1) is 10.1 Å². The number of hydrogen-bond donors (Lipinski definition) is 2. The van der Waals surface area contributed by atoms with Gasteiger partial charge >= 0.3 is 0 Å². The average molecular weight is 263 g/mol. The molecule has 2 rings (SSSR count). The quantitative estimate of drug-likeness (QED) is 0.627. The number of nitrogens with zero attached hydrogens (tertiary/aromatic N) is 1. The molecule has 6 nitrogen and oxygen atoms in total. The van der Waals surface area contributed by atoms with E-state index < -0.39 is 4.92 Å². The van der Waals surface area contributed by atoms with Crippen LogP contribution in [0.5, 0.6) is 0 Å². The molecular weight excluding hydrogens is 246 g/mol. The lowest BCUT2D eigenvalue weighted by Crippen LogP contribution is -2.43. The van der Waals surface area contributed by atoms with Crippen LogP contribution >= 0.6 is 0 Å². The zero-order chi connectivity index (χ0) is 13.7. The summed E-state index contributed by atoms with van der Waals surface area (Å²) in [6.07, 6.45) is 2.05. The molecule has 1 heterocycles. The molecule has 1 aromatic rings. The van der Waals surface area contributed by atoms with Gasteiger partial charge in [-0.3, -0.25) is 14.9 Å². The topological polar surface area (TPSA) is 84.3 Å². The summed E-state index contributed by atoms with van der Waals surface area (Å²) in [5, 5.41) is 16.9. The van der Waals surface area contributed by atoms with Crippen molar-refractivity contribution in [3.63, 3.8) is 0 Å². The summed E-state index contributed by atoms with van der Waals surface area (Å²) in [5.74, 6) is -0.0765. The van der Waals surface area contributed by atoms with E-state index in [1.165, 1.54) is 12.1 Å². The van der Waals surface area contributed by atoms with Gasteiger partial charge in [0.2, 0.25) is 5.91 Å². The van der Waals surface area contributed by atoms with E-state index in [9.17, 15) is 14.9 Å². The van der Waals surface area contributed by atoms with Crippen LogP contribution in [-0.4, -0.2) is 30.0 Å². The summed E-state index contributed by atoms with van der Waals surface area (Å²) < 4.78 is 0. The highest BCUT2D eigenvalue weighted by Gasteiger charge is 2.16. The second-order valence-corrected chi connectivity index (χ2v) is 4.70. The molecular formula is C13H17N3O3. The summed E-state index contributed by atoms with van der Waals surface area (Å²) in [6.45, 7) is 1.84. The fraction of sp³-hybridized carbons (Fsp3) is 0.462. The Morgan fingerprint density at radius 3 is 2.84 bits per heavy atom. The highest BCUT2D eigenvalue weighted by molar-refractivity contribution is 5.79. The molecule has 0 atom stereocenters. The number of nitro groups is 1. The summed E-state index contributed by atoms with van der Waals surface area (Å²) >= 11 is 0. The Kier molecular flexibility index (Phi) is 4.46. The maximum Gasteiger partial charge on any atom is 0.269 e. The zero-order valence-electron chi connectivity index (χ0n) is 10.6. The first-order valence-corrected chi connectivity index (χ1v) is 6.38. The molecule has 6 heteroatoms. The first-order chi connectivity index (χ1) is 9.15. The third-order valence-corrected chi connectivity index (χ3v) is 3.19. The third kappa shape index (κ3) is 4.03. The van der Waals surface area contributed by atoms with Crippen molar-refractivity contribution >= 4 is 11.6 Å². The molecule has 0 saturated carbocycles. The van der Waals surface area contributed by atoms with E-state index in [1.54, 1.807) is 12.1 Å². The average Bonchev–Trinajstić information content (AvgIpc) is 2.40. The molecule has 102 valence electrons. The fourth-order valence-corrected chi connectivity index (χ4v) is 2.21. The standard InChI is InChI=1S/C13H17N3O3/c17-13(15-11-4-6-14-7-5-11)9-10-2-1-3-12(8-10)16(18)19/h1-3,8,11,14H,4-7,9H2,(H,15,17). The van der Waals surface area contributed by atoms with Crippen LogP contribution in [0.15, 0.2) is 24.3 Å². The Balaban J connectivity index is 1.90. The zero-order valence-corrected chi connectivity index (χ0v) is 10.6. The van der Waals surface area contributed by atoms with Crippen LogP contribution in [0.2, 0.25) is 0 Å². The van der Waals surface area contributed by atoms with Crippen molar-refractivity contribution in [2.24, 2.45) is 0 Å². The Labute approximate surface area is 111 Å². The van der Waals surface area contributed by atoms with E-state index in [0.717, 1.165) is 25.9 Å².